The van der Waals surface area contributed by atoms with Crippen LogP contribution in [0.25, 0.3) is 22.5 Å². The lowest BCUT2D eigenvalue weighted by Crippen LogP contribution is -2.01. The van der Waals surface area contributed by atoms with Crippen LogP contribution in [0.15, 0.2) is 60.7 Å². The predicted molar refractivity (Wildman–Crippen MR) is 86.1 cm³/mol. The van der Waals surface area contributed by atoms with Gasteiger partial charge in [-0.05, 0) is 13.3 Å². The summed E-state index contributed by atoms with van der Waals surface area (Å²) in [6.07, 6.45) is 2.27. The number of aromatic nitrogens is 2. The molecule has 0 spiro atoms. The van der Waals surface area contributed by atoms with Gasteiger partial charge in [-0.15, -0.1) is 0 Å². The van der Waals surface area contributed by atoms with Crippen LogP contribution in [0.4, 0.5) is 0 Å². The van der Waals surface area contributed by atoms with Crippen molar-refractivity contribution in [2.45, 2.75) is 25.8 Å². The Labute approximate surface area is 125 Å². The molecular formula is C19H18N2. The standard InChI is InChI=1S/C19H18N2/c1-14-12-13-17-20-18(15-8-4-2-5-9-15)19(21(14)17)16-10-6-3-7-11-16/h2-11,14H,12-13H2,1H3/t14-/m1/s1. The highest BCUT2D eigenvalue weighted by Crippen LogP contribution is 2.39. The smallest absolute Gasteiger partial charge is 0.110 e. The third kappa shape index (κ3) is 1.99. The Balaban J connectivity index is 1.99. The summed E-state index contributed by atoms with van der Waals surface area (Å²) in [7, 11) is 0. The Hall–Kier alpha value is -2.35. The number of imidazole rings is 1. The van der Waals surface area contributed by atoms with E-state index in [0.29, 0.717) is 6.04 Å². The molecule has 2 heteroatoms. The van der Waals surface area contributed by atoms with Crippen molar-refractivity contribution < 1.29 is 0 Å². The second kappa shape index (κ2) is 4.88. The second-order valence-corrected chi connectivity index (χ2v) is 5.71. The molecule has 104 valence electrons. The maximum atomic E-state index is 4.95. The summed E-state index contributed by atoms with van der Waals surface area (Å²) >= 11 is 0. The average Bonchev–Trinajstić information content (AvgIpc) is 3.09. The van der Waals surface area contributed by atoms with E-state index >= 15 is 0 Å². The first kappa shape index (κ1) is 12.4. The molecule has 4 rings (SSSR count). The lowest BCUT2D eigenvalue weighted by Gasteiger charge is -2.13. The summed E-state index contributed by atoms with van der Waals surface area (Å²) in [6, 6.07) is 21.7. The number of rotatable bonds is 2. The third-order valence-corrected chi connectivity index (χ3v) is 4.31. The normalized spacial score (nSPS) is 16.9. The maximum absolute atomic E-state index is 4.95. The Morgan fingerprint density at radius 3 is 2.19 bits per heavy atom. The van der Waals surface area contributed by atoms with E-state index in [1.807, 2.05) is 0 Å². The van der Waals surface area contributed by atoms with Crippen molar-refractivity contribution in [2.24, 2.45) is 0 Å². The molecule has 1 aliphatic heterocycles. The van der Waals surface area contributed by atoms with Crippen molar-refractivity contribution >= 4 is 0 Å². The van der Waals surface area contributed by atoms with Gasteiger partial charge in [-0.2, -0.15) is 0 Å². The zero-order valence-corrected chi connectivity index (χ0v) is 12.2. The fourth-order valence-corrected chi connectivity index (χ4v) is 3.27. The van der Waals surface area contributed by atoms with Crippen LogP contribution >= 0.6 is 0 Å². The van der Waals surface area contributed by atoms with Crippen LogP contribution in [-0.2, 0) is 6.42 Å². The molecule has 2 aromatic carbocycles. The molecule has 3 aromatic rings. The summed E-state index contributed by atoms with van der Waals surface area (Å²) in [4.78, 5) is 4.95. The topological polar surface area (TPSA) is 17.8 Å². The molecule has 0 radical (unpaired) electrons. The van der Waals surface area contributed by atoms with Crippen molar-refractivity contribution in [3.05, 3.63) is 66.5 Å². The molecule has 0 amide bonds. The molecule has 1 atom stereocenters. The first-order valence-corrected chi connectivity index (χ1v) is 7.56. The van der Waals surface area contributed by atoms with Crippen LogP contribution in [0.2, 0.25) is 0 Å². The Morgan fingerprint density at radius 1 is 0.905 bits per heavy atom. The summed E-state index contributed by atoms with van der Waals surface area (Å²) in [5, 5.41) is 0. The van der Waals surface area contributed by atoms with E-state index in [9.17, 15) is 0 Å². The largest absolute Gasteiger partial charge is 0.325 e. The molecule has 0 unspecified atom stereocenters. The Morgan fingerprint density at radius 2 is 1.52 bits per heavy atom. The molecule has 21 heavy (non-hydrogen) atoms. The lowest BCUT2D eigenvalue weighted by molar-refractivity contribution is 0.586. The molecule has 2 nitrogen and oxygen atoms in total. The van der Waals surface area contributed by atoms with Crippen LogP contribution in [0.3, 0.4) is 0 Å². The fraction of sp³-hybridized carbons (Fsp3) is 0.211. The molecule has 1 aliphatic rings. The lowest BCUT2D eigenvalue weighted by atomic mass is 10.0. The number of hydrogen-bond donors (Lipinski definition) is 0. The highest BCUT2D eigenvalue weighted by atomic mass is 15.1. The minimum absolute atomic E-state index is 0.528. The van der Waals surface area contributed by atoms with Crippen LogP contribution in [0, 0.1) is 0 Å². The maximum Gasteiger partial charge on any atom is 0.110 e. The average molecular weight is 274 g/mol. The third-order valence-electron chi connectivity index (χ3n) is 4.31. The van der Waals surface area contributed by atoms with Gasteiger partial charge in [0.15, 0.2) is 0 Å². The molecule has 0 N–H and O–H groups in total. The van der Waals surface area contributed by atoms with Gasteiger partial charge in [-0.25, -0.2) is 4.98 Å². The van der Waals surface area contributed by atoms with Crippen LogP contribution in [-0.4, -0.2) is 9.55 Å². The van der Waals surface area contributed by atoms with Crippen LogP contribution < -0.4 is 0 Å². The van der Waals surface area contributed by atoms with Crippen molar-refractivity contribution in [1.29, 1.82) is 0 Å². The van der Waals surface area contributed by atoms with E-state index in [4.69, 9.17) is 4.98 Å². The van der Waals surface area contributed by atoms with Crippen molar-refractivity contribution in [2.75, 3.05) is 0 Å². The van der Waals surface area contributed by atoms with Crippen molar-refractivity contribution in [1.82, 2.24) is 9.55 Å². The first-order chi connectivity index (χ1) is 10.3. The fourth-order valence-electron chi connectivity index (χ4n) is 3.27. The molecular weight excluding hydrogens is 256 g/mol. The van der Waals surface area contributed by atoms with Crippen LogP contribution in [0.5, 0.6) is 0 Å². The van der Waals surface area contributed by atoms with E-state index in [1.54, 1.807) is 0 Å². The van der Waals surface area contributed by atoms with Gasteiger partial charge in [0.05, 0.1) is 11.4 Å². The number of fused-ring (bicyclic) bond motifs is 1. The second-order valence-electron chi connectivity index (χ2n) is 5.71. The molecule has 0 saturated heterocycles. The van der Waals surface area contributed by atoms with Gasteiger partial charge >= 0.3 is 0 Å². The first-order valence-electron chi connectivity index (χ1n) is 7.56. The van der Waals surface area contributed by atoms with Gasteiger partial charge in [0.1, 0.15) is 5.82 Å². The Kier molecular flexibility index (Phi) is 2.88. The number of aryl methyl sites for hydroxylation is 1. The van der Waals surface area contributed by atoms with E-state index in [2.05, 4.69) is 72.2 Å². The highest BCUT2D eigenvalue weighted by Gasteiger charge is 2.27. The van der Waals surface area contributed by atoms with Gasteiger partial charge < -0.3 is 4.57 Å². The zero-order chi connectivity index (χ0) is 14.2. The summed E-state index contributed by atoms with van der Waals surface area (Å²) < 4.78 is 2.43. The molecule has 0 bridgehead atoms. The van der Waals surface area contributed by atoms with Crippen LogP contribution in [0.1, 0.15) is 25.2 Å². The summed E-state index contributed by atoms with van der Waals surface area (Å²) in [5.41, 5.74) is 4.83. The molecule has 2 heterocycles. The van der Waals surface area contributed by atoms with E-state index in [-0.39, 0.29) is 0 Å². The highest BCUT2D eigenvalue weighted by molar-refractivity contribution is 5.79. The monoisotopic (exact) mass is 274 g/mol. The number of benzene rings is 2. The minimum atomic E-state index is 0.528. The minimum Gasteiger partial charge on any atom is -0.325 e. The van der Waals surface area contributed by atoms with Crippen molar-refractivity contribution in [3.8, 4) is 22.5 Å². The van der Waals surface area contributed by atoms with Gasteiger partial charge in [0.2, 0.25) is 0 Å². The number of nitrogens with zero attached hydrogens (tertiary/aromatic N) is 2. The quantitative estimate of drug-likeness (QED) is 0.661. The summed E-state index contributed by atoms with van der Waals surface area (Å²) in [5.74, 6) is 1.22. The molecule has 0 aliphatic carbocycles. The van der Waals surface area contributed by atoms with Gasteiger partial charge in [0, 0.05) is 23.6 Å². The van der Waals surface area contributed by atoms with Gasteiger partial charge in [0.25, 0.3) is 0 Å². The van der Waals surface area contributed by atoms with Gasteiger partial charge in [-0.3, -0.25) is 0 Å². The predicted octanol–water partition coefficient (Wildman–Crippen LogP) is 4.72. The van der Waals surface area contributed by atoms with E-state index in [1.165, 1.54) is 29.1 Å². The van der Waals surface area contributed by atoms with Crippen molar-refractivity contribution in [3.63, 3.8) is 0 Å². The summed E-state index contributed by atoms with van der Waals surface area (Å²) in [6.45, 7) is 2.29. The zero-order valence-electron chi connectivity index (χ0n) is 12.2. The molecule has 0 fully saturated rings. The SMILES string of the molecule is C[C@@H]1CCc2nc(-c3ccccc3)c(-c3ccccc3)n21. The molecule has 0 saturated carbocycles. The van der Waals surface area contributed by atoms with E-state index < -0.39 is 0 Å². The molecule has 1 aromatic heterocycles. The van der Waals surface area contributed by atoms with E-state index in [0.717, 1.165) is 12.1 Å². The Bertz CT molecular complexity index is 757. The number of hydrogen-bond acceptors (Lipinski definition) is 1. The van der Waals surface area contributed by atoms with Gasteiger partial charge in [-0.1, -0.05) is 60.7 Å².